The molecule has 17 heavy (non-hydrogen) atoms. The number of nitrogens with zero attached hydrogens (tertiary/aromatic N) is 1. The van der Waals surface area contributed by atoms with E-state index in [2.05, 4.69) is 25.8 Å². The van der Waals surface area contributed by atoms with Gasteiger partial charge in [0.25, 0.3) is 0 Å². The molecule has 2 fully saturated rings. The molecule has 0 saturated heterocycles. The second kappa shape index (κ2) is 5.27. The zero-order valence-corrected chi connectivity index (χ0v) is 11.8. The van der Waals surface area contributed by atoms with E-state index in [9.17, 15) is 5.11 Å². The van der Waals surface area contributed by atoms with Crippen molar-refractivity contribution in [1.82, 2.24) is 4.90 Å². The number of fused-ring (bicyclic) bond motifs is 2. The second-order valence-corrected chi connectivity index (χ2v) is 6.95. The SMILES string of the molecule is CCC(C)(CO)CN(C)CC1CC2CCC1C2. The minimum Gasteiger partial charge on any atom is -0.396 e. The molecular formula is C15H29NO. The lowest BCUT2D eigenvalue weighted by atomic mass is 9.86. The zero-order valence-electron chi connectivity index (χ0n) is 11.8. The molecule has 2 aliphatic rings. The first-order valence-corrected chi connectivity index (χ1v) is 7.35. The fourth-order valence-electron chi connectivity index (χ4n) is 3.99. The molecule has 2 saturated carbocycles. The average molecular weight is 239 g/mol. The molecule has 0 aromatic carbocycles. The smallest absolute Gasteiger partial charge is 0.0496 e. The Morgan fingerprint density at radius 3 is 2.53 bits per heavy atom. The van der Waals surface area contributed by atoms with Gasteiger partial charge in [-0.1, -0.05) is 20.3 Å². The van der Waals surface area contributed by atoms with E-state index < -0.39 is 0 Å². The van der Waals surface area contributed by atoms with E-state index in [0.29, 0.717) is 6.61 Å². The van der Waals surface area contributed by atoms with Crippen LogP contribution < -0.4 is 0 Å². The van der Waals surface area contributed by atoms with Gasteiger partial charge in [0.1, 0.15) is 0 Å². The van der Waals surface area contributed by atoms with Gasteiger partial charge in [0, 0.05) is 25.1 Å². The Morgan fingerprint density at radius 2 is 2.06 bits per heavy atom. The van der Waals surface area contributed by atoms with Crippen molar-refractivity contribution in [2.24, 2.45) is 23.2 Å². The Morgan fingerprint density at radius 1 is 1.29 bits per heavy atom. The van der Waals surface area contributed by atoms with Gasteiger partial charge in [-0.2, -0.15) is 0 Å². The third-order valence-electron chi connectivity index (χ3n) is 5.32. The Bertz CT molecular complexity index is 249. The maximum atomic E-state index is 9.47. The summed E-state index contributed by atoms with van der Waals surface area (Å²) in [5.74, 6) is 3.01. The van der Waals surface area contributed by atoms with Crippen molar-refractivity contribution < 1.29 is 5.11 Å². The van der Waals surface area contributed by atoms with Crippen LogP contribution in [0.2, 0.25) is 0 Å². The van der Waals surface area contributed by atoms with Crippen LogP contribution in [0.15, 0.2) is 0 Å². The lowest BCUT2D eigenvalue weighted by Crippen LogP contribution is -2.39. The largest absolute Gasteiger partial charge is 0.396 e. The summed E-state index contributed by atoms with van der Waals surface area (Å²) in [7, 11) is 2.23. The van der Waals surface area contributed by atoms with Crippen LogP contribution in [-0.4, -0.2) is 36.8 Å². The van der Waals surface area contributed by atoms with Gasteiger partial charge in [-0.05, 0) is 50.5 Å². The number of hydrogen-bond donors (Lipinski definition) is 1. The van der Waals surface area contributed by atoms with Gasteiger partial charge in [0.2, 0.25) is 0 Å². The van der Waals surface area contributed by atoms with Crippen molar-refractivity contribution in [3.8, 4) is 0 Å². The summed E-state index contributed by atoms with van der Waals surface area (Å²) in [4.78, 5) is 2.46. The molecule has 100 valence electrons. The Balaban J connectivity index is 1.79. The van der Waals surface area contributed by atoms with Crippen LogP contribution in [0.5, 0.6) is 0 Å². The van der Waals surface area contributed by atoms with E-state index in [4.69, 9.17) is 0 Å². The van der Waals surface area contributed by atoms with E-state index in [1.807, 2.05) is 0 Å². The van der Waals surface area contributed by atoms with Gasteiger partial charge in [0.05, 0.1) is 0 Å². The van der Waals surface area contributed by atoms with Crippen molar-refractivity contribution in [2.75, 3.05) is 26.7 Å². The fraction of sp³-hybridized carbons (Fsp3) is 1.00. The summed E-state index contributed by atoms with van der Waals surface area (Å²) in [5, 5.41) is 9.47. The lowest BCUT2D eigenvalue weighted by molar-refractivity contribution is 0.0837. The van der Waals surface area contributed by atoms with Crippen LogP contribution >= 0.6 is 0 Å². The first-order chi connectivity index (χ1) is 8.06. The van der Waals surface area contributed by atoms with Crippen LogP contribution in [-0.2, 0) is 0 Å². The van der Waals surface area contributed by atoms with E-state index in [0.717, 1.165) is 30.7 Å². The molecule has 0 aliphatic heterocycles. The summed E-state index contributed by atoms with van der Waals surface area (Å²) >= 11 is 0. The molecule has 2 bridgehead atoms. The number of aliphatic hydroxyl groups excluding tert-OH is 1. The van der Waals surface area contributed by atoms with Gasteiger partial charge in [-0.3, -0.25) is 0 Å². The molecule has 0 aromatic rings. The maximum Gasteiger partial charge on any atom is 0.0496 e. The highest BCUT2D eigenvalue weighted by Crippen LogP contribution is 2.48. The molecule has 1 N–H and O–H groups in total. The number of aliphatic hydroxyl groups is 1. The summed E-state index contributed by atoms with van der Waals surface area (Å²) in [5.41, 5.74) is 0.0897. The van der Waals surface area contributed by atoms with Gasteiger partial charge in [-0.25, -0.2) is 0 Å². The van der Waals surface area contributed by atoms with Crippen LogP contribution in [0.25, 0.3) is 0 Å². The highest BCUT2D eigenvalue weighted by atomic mass is 16.3. The molecule has 2 heteroatoms. The quantitative estimate of drug-likeness (QED) is 0.770. The maximum absolute atomic E-state index is 9.47. The molecule has 0 spiro atoms. The highest BCUT2D eigenvalue weighted by molar-refractivity contribution is 4.91. The lowest BCUT2D eigenvalue weighted by Gasteiger charge is -2.34. The number of hydrogen-bond acceptors (Lipinski definition) is 2. The third kappa shape index (κ3) is 3.03. The summed E-state index contributed by atoms with van der Waals surface area (Å²) in [6, 6.07) is 0. The Kier molecular flexibility index (Phi) is 4.14. The first-order valence-electron chi connectivity index (χ1n) is 7.35. The van der Waals surface area contributed by atoms with Crippen molar-refractivity contribution in [1.29, 1.82) is 0 Å². The summed E-state index contributed by atoms with van der Waals surface area (Å²) in [6.07, 6.45) is 7.01. The minimum atomic E-state index is 0.0897. The Hall–Kier alpha value is -0.0800. The van der Waals surface area contributed by atoms with E-state index >= 15 is 0 Å². The molecule has 0 amide bonds. The minimum absolute atomic E-state index is 0.0897. The normalized spacial score (nSPS) is 35.5. The fourth-order valence-corrected chi connectivity index (χ4v) is 3.99. The van der Waals surface area contributed by atoms with Crippen molar-refractivity contribution >= 4 is 0 Å². The standard InChI is InChI=1S/C15H29NO/c1-4-15(2,11-17)10-16(3)9-14-8-12-5-6-13(14)7-12/h12-14,17H,4-11H2,1-3H3. The summed E-state index contributed by atoms with van der Waals surface area (Å²) < 4.78 is 0. The second-order valence-electron chi connectivity index (χ2n) is 6.95. The monoisotopic (exact) mass is 239 g/mol. The number of rotatable bonds is 6. The molecule has 0 radical (unpaired) electrons. The van der Waals surface area contributed by atoms with Gasteiger partial charge < -0.3 is 10.0 Å². The van der Waals surface area contributed by atoms with Crippen molar-refractivity contribution in [3.05, 3.63) is 0 Å². The van der Waals surface area contributed by atoms with Crippen LogP contribution in [0.4, 0.5) is 0 Å². The predicted octanol–water partition coefficient (Wildman–Crippen LogP) is 2.76. The van der Waals surface area contributed by atoms with E-state index in [1.165, 1.54) is 32.2 Å². The molecule has 2 aliphatic carbocycles. The zero-order chi connectivity index (χ0) is 12.5. The molecular weight excluding hydrogens is 210 g/mol. The van der Waals surface area contributed by atoms with Gasteiger partial charge in [0.15, 0.2) is 0 Å². The first kappa shape index (κ1) is 13.4. The van der Waals surface area contributed by atoms with E-state index in [1.54, 1.807) is 0 Å². The van der Waals surface area contributed by atoms with Gasteiger partial charge >= 0.3 is 0 Å². The molecule has 0 heterocycles. The molecule has 0 aromatic heterocycles. The Labute approximate surface area is 106 Å². The summed E-state index contributed by atoms with van der Waals surface area (Å²) in [6.45, 7) is 6.97. The molecule has 4 atom stereocenters. The highest BCUT2D eigenvalue weighted by Gasteiger charge is 2.39. The predicted molar refractivity (Wildman–Crippen MR) is 71.9 cm³/mol. The topological polar surface area (TPSA) is 23.5 Å². The van der Waals surface area contributed by atoms with Gasteiger partial charge in [-0.15, -0.1) is 0 Å². The molecule has 4 unspecified atom stereocenters. The van der Waals surface area contributed by atoms with Crippen LogP contribution in [0, 0.1) is 23.2 Å². The van der Waals surface area contributed by atoms with Crippen molar-refractivity contribution in [3.63, 3.8) is 0 Å². The third-order valence-corrected chi connectivity index (χ3v) is 5.32. The van der Waals surface area contributed by atoms with Crippen LogP contribution in [0.1, 0.15) is 46.0 Å². The average Bonchev–Trinajstić information content (AvgIpc) is 2.90. The molecule has 2 rings (SSSR count). The van der Waals surface area contributed by atoms with Crippen molar-refractivity contribution in [2.45, 2.75) is 46.0 Å². The van der Waals surface area contributed by atoms with Crippen LogP contribution in [0.3, 0.4) is 0 Å². The van der Waals surface area contributed by atoms with E-state index in [-0.39, 0.29) is 5.41 Å². The molecule has 2 nitrogen and oxygen atoms in total.